The van der Waals surface area contributed by atoms with Crippen LogP contribution in [0.3, 0.4) is 0 Å². The summed E-state index contributed by atoms with van der Waals surface area (Å²) in [5.74, 6) is 0. The Balaban J connectivity index is 2.22. The van der Waals surface area contributed by atoms with Crippen molar-refractivity contribution in [1.82, 2.24) is 10.2 Å². The molecule has 1 aliphatic rings. The molecule has 1 fully saturated rings. The number of hydrogen-bond acceptors (Lipinski definition) is 3. The first-order chi connectivity index (χ1) is 9.22. The fourth-order valence-electron chi connectivity index (χ4n) is 3.21. The molecule has 108 valence electrons. The fraction of sp³-hybridized carbons (Fsp3) is 0.750. The van der Waals surface area contributed by atoms with E-state index in [1.165, 1.54) is 43.6 Å². The molecule has 1 aromatic rings. The second-order valence-corrected chi connectivity index (χ2v) is 6.79. The third-order valence-electron chi connectivity index (χ3n) is 4.59. The van der Waals surface area contributed by atoms with Gasteiger partial charge in [0.1, 0.15) is 0 Å². The minimum Gasteiger partial charge on any atom is -0.308 e. The van der Waals surface area contributed by atoms with Crippen LogP contribution in [-0.2, 0) is 0 Å². The third-order valence-corrected chi connectivity index (χ3v) is 5.53. The lowest BCUT2D eigenvalue weighted by atomic mass is 9.86. The Morgan fingerprint density at radius 3 is 2.63 bits per heavy atom. The van der Waals surface area contributed by atoms with Gasteiger partial charge >= 0.3 is 0 Å². The molecule has 3 heteroatoms. The van der Waals surface area contributed by atoms with Crippen LogP contribution in [0.15, 0.2) is 17.5 Å². The maximum atomic E-state index is 3.81. The van der Waals surface area contributed by atoms with Crippen molar-refractivity contribution in [3.05, 3.63) is 22.4 Å². The molecule has 2 nitrogen and oxygen atoms in total. The van der Waals surface area contributed by atoms with Crippen LogP contribution in [0.1, 0.15) is 57.4 Å². The number of hydrogen-bond donors (Lipinski definition) is 1. The minimum absolute atomic E-state index is 0.247. The number of nitrogens with one attached hydrogen (secondary N) is 1. The lowest BCUT2D eigenvalue weighted by molar-refractivity contribution is 0.0853. The highest BCUT2D eigenvalue weighted by Gasteiger charge is 2.40. The molecule has 19 heavy (non-hydrogen) atoms. The monoisotopic (exact) mass is 280 g/mol. The second-order valence-electron chi connectivity index (χ2n) is 5.81. The average Bonchev–Trinajstić information content (AvgIpc) is 3.11. The number of likely N-dealkylation sites (tertiary alicyclic amines) is 1. The SMILES string of the molecule is CCCNC(c1cccs1)C(C)(CC)N1CCCC1. The Bertz CT molecular complexity index is 357. The first-order valence-electron chi connectivity index (χ1n) is 7.74. The van der Waals surface area contributed by atoms with Crippen LogP contribution in [0.25, 0.3) is 0 Å². The van der Waals surface area contributed by atoms with Crippen LogP contribution in [0.5, 0.6) is 0 Å². The molecule has 0 aliphatic carbocycles. The summed E-state index contributed by atoms with van der Waals surface area (Å²) in [7, 11) is 0. The zero-order valence-corrected chi connectivity index (χ0v) is 13.4. The van der Waals surface area contributed by atoms with Crippen LogP contribution >= 0.6 is 11.3 Å². The zero-order valence-electron chi connectivity index (χ0n) is 12.6. The molecule has 1 saturated heterocycles. The van der Waals surface area contributed by atoms with Gasteiger partial charge in [-0.05, 0) is 63.7 Å². The number of rotatable bonds is 7. The van der Waals surface area contributed by atoms with Crippen molar-refractivity contribution in [3.63, 3.8) is 0 Å². The van der Waals surface area contributed by atoms with Gasteiger partial charge in [-0.25, -0.2) is 0 Å². The quantitative estimate of drug-likeness (QED) is 0.810. The molecule has 0 saturated carbocycles. The molecule has 2 rings (SSSR count). The minimum atomic E-state index is 0.247. The second kappa shape index (κ2) is 6.87. The first kappa shape index (κ1) is 15.0. The van der Waals surface area contributed by atoms with Gasteiger partial charge in [0.15, 0.2) is 0 Å². The Labute approximate surface area is 122 Å². The third kappa shape index (κ3) is 3.21. The van der Waals surface area contributed by atoms with E-state index in [4.69, 9.17) is 0 Å². The van der Waals surface area contributed by atoms with E-state index in [0.717, 1.165) is 6.54 Å². The molecule has 1 N–H and O–H groups in total. The van der Waals surface area contributed by atoms with Gasteiger partial charge in [-0.2, -0.15) is 0 Å². The molecule has 0 radical (unpaired) electrons. The molecular formula is C16H28N2S. The molecule has 0 spiro atoms. The van der Waals surface area contributed by atoms with Gasteiger partial charge in [-0.3, -0.25) is 4.90 Å². The summed E-state index contributed by atoms with van der Waals surface area (Å²) in [6.45, 7) is 10.7. The molecule has 2 unspecified atom stereocenters. The molecular weight excluding hydrogens is 252 g/mol. The molecule has 0 aromatic carbocycles. The average molecular weight is 280 g/mol. The van der Waals surface area contributed by atoms with E-state index in [0.29, 0.717) is 6.04 Å². The summed E-state index contributed by atoms with van der Waals surface area (Å²) in [6, 6.07) is 4.94. The van der Waals surface area contributed by atoms with Gasteiger partial charge in [0.05, 0.1) is 6.04 Å². The van der Waals surface area contributed by atoms with E-state index in [-0.39, 0.29) is 5.54 Å². The van der Waals surface area contributed by atoms with Crippen molar-refractivity contribution in [1.29, 1.82) is 0 Å². The summed E-state index contributed by atoms with van der Waals surface area (Å²) in [5.41, 5.74) is 0.247. The predicted molar refractivity (Wildman–Crippen MR) is 84.9 cm³/mol. The highest BCUT2D eigenvalue weighted by Crippen LogP contribution is 2.38. The van der Waals surface area contributed by atoms with E-state index < -0.39 is 0 Å². The highest BCUT2D eigenvalue weighted by atomic mass is 32.1. The molecule has 0 amide bonds. The van der Waals surface area contributed by atoms with Crippen LogP contribution < -0.4 is 5.32 Å². The lowest BCUT2D eigenvalue weighted by Crippen LogP contribution is -2.53. The normalized spacial score (nSPS) is 21.4. The van der Waals surface area contributed by atoms with Crippen molar-refractivity contribution in [2.24, 2.45) is 0 Å². The molecule has 1 aliphatic heterocycles. The van der Waals surface area contributed by atoms with Crippen molar-refractivity contribution in [2.45, 2.75) is 58.0 Å². The highest BCUT2D eigenvalue weighted by molar-refractivity contribution is 7.10. The van der Waals surface area contributed by atoms with Crippen molar-refractivity contribution < 1.29 is 0 Å². The van der Waals surface area contributed by atoms with Crippen molar-refractivity contribution >= 4 is 11.3 Å². The van der Waals surface area contributed by atoms with Crippen LogP contribution in [-0.4, -0.2) is 30.1 Å². The topological polar surface area (TPSA) is 15.3 Å². The molecule has 0 bridgehead atoms. The summed E-state index contributed by atoms with van der Waals surface area (Å²) in [4.78, 5) is 4.20. The van der Waals surface area contributed by atoms with Gasteiger partial charge in [-0.15, -0.1) is 11.3 Å². The largest absolute Gasteiger partial charge is 0.308 e. The van der Waals surface area contributed by atoms with Gasteiger partial charge < -0.3 is 5.32 Å². The van der Waals surface area contributed by atoms with E-state index in [2.05, 4.69) is 48.5 Å². The smallest absolute Gasteiger partial charge is 0.0599 e. The van der Waals surface area contributed by atoms with Gasteiger partial charge in [-0.1, -0.05) is 19.9 Å². The summed E-state index contributed by atoms with van der Waals surface area (Å²) < 4.78 is 0. The Hall–Kier alpha value is -0.380. The summed E-state index contributed by atoms with van der Waals surface area (Å²) in [5, 5.41) is 6.01. The van der Waals surface area contributed by atoms with Gasteiger partial charge in [0.25, 0.3) is 0 Å². The summed E-state index contributed by atoms with van der Waals surface area (Å²) in [6.07, 6.45) is 5.12. The fourth-order valence-corrected chi connectivity index (χ4v) is 4.15. The van der Waals surface area contributed by atoms with E-state index in [1.807, 2.05) is 11.3 Å². The van der Waals surface area contributed by atoms with E-state index >= 15 is 0 Å². The van der Waals surface area contributed by atoms with Gasteiger partial charge in [0, 0.05) is 10.4 Å². The number of thiophene rings is 1. The van der Waals surface area contributed by atoms with Crippen LogP contribution in [0.2, 0.25) is 0 Å². The zero-order chi connectivity index (χ0) is 13.7. The Morgan fingerprint density at radius 2 is 2.11 bits per heavy atom. The Kier molecular flexibility index (Phi) is 5.43. The Morgan fingerprint density at radius 1 is 1.37 bits per heavy atom. The molecule has 2 heterocycles. The van der Waals surface area contributed by atoms with Crippen LogP contribution in [0, 0.1) is 0 Å². The lowest BCUT2D eigenvalue weighted by Gasteiger charge is -2.44. The van der Waals surface area contributed by atoms with E-state index in [9.17, 15) is 0 Å². The van der Waals surface area contributed by atoms with E-state index in [1.54, 1.807) is 0 Å². The standard InChI is InChI=1S/C16H28N2S/c1-4-10-17-15(14-9-8-13-19-14)16(3,5-2)18-11-6-7-12-18/h8-9,13,15,17H,4-7,10-12H2,1-3H3. The van der Waals surface area contributed by atoms with Crippen molar-refractivity contribution in [3.8, 4) is 0 Å². The maximum absolute atomic E-state index is 3.81. The van der Waals surface area contributed by atoms with Gasteiger partial charge in [0.2, 0.25) is 0 Å². The summed E-state index contributed by atoms with van der Waals surface area (Å²) >= 11 is 1.89. The molecule has 1 aromatic heterocycles. The molecule has 2 atom stereocenters. The number of nitrogens with zero attached hydrogens (tertiary/aromatic N) is 1. The van der Waals surface area contributed by atoms with Crippen molar-refractivity contribution in [2.75, 3.05) is 19.6 Å². The first-order valence-corrected chi connectivity index (χ1v) is 8.62. The maximum Gasteiger partial charge on any atom is 0.0599 e. The van der Waals surface area contributed by atoms with Crippen LogP contribution in [0.4, 0.5) is 0 Å². The predicted octanol–water partition coefficient (Wildman–Crippen LogP) is 4.05.